The Labute approximate surface area is 177 Å². The van der Waals surface area contributed by atoms with E-state index in [0.29, 0.717) is 19.8 Å². The van der Waals surface area contributed by atoms with Crippen molar-refractivity contribution >= 4 is 11.9 Å². The molecule has 1 amide bonds. The van der Waals surface area contributed by atoms with Gasteiger partial charge in [-0.05, 0) is 29.7 Å². The second kappa shape index (κ2) is 9.30. The molecule has 2 N–H and O–H groups in total. The summed E-state index contributed by atoms with van der Waals surface area (Å²) in [6.45, 7) is 9.31. The smallest absolute Gasteiger partial charge is 0.275 e. The fraction of sp³-hybridized carbons (Fsp3) is 0.500. The van der Waals surface area contributed by atoms with E-state index in [4.69, 9.17) is 9.47 Å². The van der Waals surface area contributed by atoms with Crippen LogP contribution in [0.15, 0.2) is 36.7 Å². The standard InChI is InChI=1S/C22H29N5O3/c1-16(2)21(17-4-5-18-19(14-17)30-13-12-29-18)25-20(28)15-26-8-10-27(11-9-26)22-23-6-3-7-24-22/h3-7,14,16,21H,8-13,15H2,1-2H3,(H,25,28)/p+1/t21-/m1/s1. The van der Waals surface area contributed by atoms with Crippen LogP contribution in [0, 0.1) is 5.92 Å². The number of piperazine rings is 1. The van der Waals surface area contributed by atoms with Crippen LogP contribution in [-0.4, -0.2) is 61.8 Å². The number of anilines is 1. The molecule has 0 saturated carbocycles. The zero-order valence-electron chi connectivity index (χ0n) is 17.6. The molecule has 1 saturated heterocycles. The molecule has 2 aromatic rings. The molecule has 160 valence electrons. The van der Waals surface area contributed by atoms with Crippen LogP contribution in [0.4, 0.5) is 5.95 Å². The van der Waals surface area contributed by atoms with Crippen molar-refractivity contribution < 1.29 is 19.2 Å². The quantitative estimate of drug-likeness (QED) is 0.718. The number of fused-ring (bicyclic) bond motifs is 1. The third-order valence-corrected chi connectivity index (χ3v) is 5.62. The number of amides is 1. The van der Waals surface area contributed by atoms with E-state index < -0.39 is 0 Å². The second-order valence-corrected chi connectivity index (χ2v) is 8.15. The lowest BCUT2D eigenvalue weighted by Crippen LogP contribution is -3.16. The number of nitrogens with zero attached hydrogens (tertiary/aromatic N) is 3. The van der Waals surface area contributed by atoms with Crippen molar-refractivity contribution in [3.05, 3.63) is 42.2 Å². The van der Waals surface area contributed by atoms with Gasteiger partial charge in [-0.25, -0.2) is 9.97 Å². The van der Waals surface area contributed by atoms with E-state index in [0.717, 1.165) is 49.2 Å². The summed E-state index contributed by atoms with van der Waals surface area (Å²) in [6, 6.07) is 7.70. The summed E-state index contributed by atoms with van der Waals surface area (Å²) in [5.74, 6) is 2.62. The minimum Gasteiger partial charge on any atom is -0.486 e. The average Bonchev–Trinajstić information content (AvgIpc) is 2.78. The van der Waals surface area contributed by atoms with Crippen molar-refractivity contribution in [3.63, 3.8) is 0 Å². The number of hydrogen-bond donors (Lipinski definition) is 2. The Morgan fingerprint density at radius 3 is 2.53 bits per heavy atom. The van der Waals surface area contributed by atoms with Gasteiger partial charge < -0.3 is 24.6 Å². The van der Waals surface area contributed by atoms with Gasteiger partial charge in [-0.2, -0.15) is 0 Å². The van der Waals surface area contributed by atoms with Gasteiger partial charge in [0.2, 0.25) is 5.95 Å². The molecule has 0 spiro atoms. The third kappa shape index (κ3) is 4.81. The Kier molecular flexibility index (Phi) is 6.32. The van der Waals surface area contributed by atoms with Crippen LogP contribution >= 0.6 is 0 Å². The molecular weight excluding hydrogens is 382 g/mol. The number of quaternary nitrogens is 1. The lowest BCUT2D eigenvalue weighted by Gasteiger charge is -2.32. The van der Waals surface area contributed by atoms with Gasteiger partial charge in [-0.1, -0.05) is 19.9 Å². The van der Waals surface area contributed by atoms with Crippen LogP contribution in [0.1, 0.15) is 25.5 Å². The van der Waals surface area contributed by atoms with Gasteiger partial charge >= 0.3 is 0 Å². The van der Waals surface area contributed by atoms with Crippen LogP contribution in [0.2, 0.25) is 0 Å². The Balaban J connectivity index is 1.33. The average molecular weight is 413 g/mol. The molecule has 2 aliphatic heterocycles. The Morgan fingerprint density at radius 2 is 1.83 bits per heavy atom. The van der Waals surface area contributed by atoms with E-state index >= 15 is 0 Å². The van der Waals surface area contributed by atoms with Crippen molar-refractivity contribution in [1.82, 2.24) is 15.3 Å². The Bertz CT molecular complexity index is 853. The molecule has 0 bridgehead atoms. The maximum atomic E-state index is 12.8. The molecule has 1 fully saturated rings. The lowest BCUT2D eigenvalue weighted by molar-refractivity contribution is -0.892. The topological polar surface area (TPSA) is 81.0 Å². The largest absolute Gasteiger partial charge is 0.486 e. The van der Waals surface area contributed by atoms with E-state index in [2.05, 4.69) is 34.0 Å². The summed E-state index contributed by atoms with van der Waals surface area (Å²) in [4.78, 5) is 24.9. The number of benzene rings is 1. The highest BCUT2D eigenvalue weighted by Gasteiger charge is 2.26. The monoisotopic (exact) mass is 412 g/mol. The summed E-state index contributed by atoms with van der Waals surface area (Å²) in [7, 11) is 0. The molecule has 1 aromatic carbocycles. The molecule has 1 atom stereocenters. The molecular formula is C22H30N5O3+. The van der Waals surface area contributed by atoms with Crippen LogP contribution < -0.4 is 24.6 Å². The van der Waals surface area contributed by atoms with Crippen molar-refractivity contribution in [2.45, 2.75) is 19.9 Å². The summed E-state index contributed by atoms with van der Waals surface area (Å²) < 4.78 is 11.3. The highest BCUT2D eigenvalue weighted by atomic mass is 16.6. The van der Waals surface area contributed by atoms with Crippen LogP contribution in [0.3, 0.4) is 0 Å². The maximum absolute atomic E-state index is 12.8. The molecule has 8 heteroatoms. The van der Waals surface area contributed by atoms with Gasteiger partial charge in [0, 0.05) is 12.4 Å². The normalized spacial score (nSPS) is 17.6. The molecule has 0 aliphatic carbocycles. The third-order valence-electron chi connectivity index (χ3n) is 5.62. The first-order valence-corrected chi connectivity index (χ1v) is 10.6. The van der Waals surface area contributed by atoms with Gasteiger partial charge in [0.05, 0.1) is 32.2 Å². The second-order valence-electron chi connectivity index (χ2n) is 8.15. The van der Waals surface area contributed by atoms with E-state index in [1.807, 2.05) is 24.3 Å². The van der Waals surface area contributed by atoms with Gasteiger partial charge in [-0.15, -0.1) is 0 Å². The number of ether oxygens (including phenoxy) is 2. The number of nitrogens with one attached hydrogen (secondary N) is 2. The molecule has 2 aliphatic rings. The SMILES string of the molecule is CC(C)[C@@H](NC(=O)C[NH+]1CCN(c2ncccn2)CC1)c1ccc2c(c1)OCCO2. The molecule has 0 unspecified atom stereocenters. The summed E-state index contributed by atoms with van der Waals surface area (Å²) in [6.07, 6.45) is 3.53. The van der Waals surface area contributed by atoms with Crippen molar-refractivity contribution in [2.75, 3.05) is 50.8 Å². The van der Waals surface area contributed by atoms with E-state index in [1.54, 1.807) is 12.4 Å². The first-order valence-electron chi connectivity index (χ1n) is 10.6. The maximum Gasteiger partial charge on any atom is 0.275 e. The van der Waals surface area contributed by atoms with Crippen molar-refractivity contribution in [1.29, 1.82) is 0 Å². The highest BCUT2D eigenvalue weighted by molar-refractivity contribution is 5.77. The predicted octanol–water partition coefficient (Wildman–Crippen LogP) is 0.466. The van der Waals surface area contributed by atoms with Crippen molar-refractivity contribution in [3.8, 4) is 11.5 Å². The molecule has 4 rings (SSSR count). The molecule has 30 heavy (non-hydrogen) atoms. The highest BCUT2D eigenvalue weighted by Crippen LogP contribution is 2.34. The van der Waals surface area contributed by atoms with Gasteiger partial charge in [0.1, 0.15) is 13.2 Å². The van der Waals surface area contributed by atoms with Crippen LogP contribution in [0.25, 0.3) is 0 Å². The fourth-order valence-electron chi connectivity index (χ4n) is 3.99. The summed E-state index contributed by atoms with van der Waals surface area (Å²) in [5, 5.41) is 3.24. The molecule has 8 nitrogen and oxygen atoms in total. The fourth-order valence-corrected chi connectivity index (χ4v) is 3.99. The summed E-state index contributed by atoms with van der Waals surface area (Å²) >= 11 is 0. The van der Waals surface area contributed by atoms with Gasteiger partial charge in [0.15, 0.2) is 18.0 Å². The lowest BCUT2D eigenvalue weighted by atomic mass is 9.95. The number of hydrogen-bond acceptors (Lipinski definition) is 6. The van der Waals surface area contributed by atoms with Gasteiger partial charge in [0.25, 0.3) is 5.91 Å². The molecule has 3 heterocycles. The van der Waals surface area contributed by atoms with Crippen LogP contribution in [-0.2, 0) is 4.79 Å². The zero-order valence-corrected chi connectivity index (χ0v) is 17.6. The predicted molar refractivity (Wildman–Crippen MR) is 113 cm³/mol. The van der Waals surface area contributed by atoms with E-state index in [-0.39, 0.29) is 17.9 Å². The molecule has 0 radical (unpaired) electrons. The van der Waals surface area contributed by atoms with Crippen LogP contribution in [0.5, 0.6) is 11.5 Å². The summed E-state index contributed by atoms with van der Waals surface area (Å²) in [5.41, 5.74) is 1.05. The Hall–Kier alpha value is -2.87. The van der Waals surface area contributed by atoms with E-state index in [1.165, 1.54) is 4.90 Å². The van der Waals surface area contributed by atoms with Gasteiger partial charge in [-0.3, -0.25) is 4.79 Å². The number of carbonyl (C=O) groups excluding carboxylic acids is 1. The number of carbonyl (C=O) groups is 1. The first kappa shape index (κ1) is 20.4. The number of rotatable bonds is 6. The Morgan fingerprint density at radius 1 is 1.13 bits per heavy atom. The van der Waals surface area contributed by atoms with Crippen molar-refractivity contribution in [2.24, 2.45) is 5.92 Å². The van der Waals surface area contributed by atoms with E-state index in [9.17, 15) is 4.79 Å². The number of aromatic nitrogens is 2. The minimum absolute atomic E-state index is 0.0632. The first-order chi connectivity index (χ1) is 14.6. The molecule has 1 aromatic heterocycles. The minimum atomic E-state index is -0.0632. The zero-order chi connectivity index (χ0) is 20.9.